The van der Waals surface area contributed by atoms with E-state index in [0.29, 0.717) is 6.04 Å². The van der Waals surface area contributed by atoms with Gasteiger partial charge in [-0.1, -0.05) is 0 Å². The Morgan fingerprint density at radius 1 is 1.27 bits per heavy atom. The number of likely N-dealkylation sites (tertiary alicyclic amines) is 1. The number of carbonyl (C=O) groups excluding carboxylic acids is 1. The zero-order valence-corrected chi connectivity index (χ0v) is 13.1. The van der Waals surface area contributed by atoms with Crippen molar-refractivity contribution in [3.05, 3.63) is 30.1 Å². The van der Waals surface area contributed by atoms with Crippen LogP contribution in [0.3, 0.4) is 0 Å². The first-order valence-electron chi connectivity index (χ1n) is 8.46. The Morgan fingerprint density at radius 2 is 2.05 bits per heavy atom. The highest BCUT2D eigenvalue weighted by molar-refractivity contribution is 5.82. The van der Waals surface area contributed by atoms with E-state index in [1.165, 1.54) is 5.56 Å². The summed E-state index contributed by atoms with van der Waals surface area (Å²) in [5, 5.41) is 6.48. The average molecular weight is 302 g/mol. The van der Waals surface area contributed by atoms with E-state index in [4.69, 9.17) is 0 Å². The molecule has 0 aromatic carbocycles. The van der Waals surface area contributed by atoms with Gasteiger partial charge in [-0.15, -0.1) is 0 Å². The normalized spacial score (nSPS) is 23.5. The van der Waals surface area contributed by atoms with Gasteiger partial charge < -0.3 is 15.5 Å². The second-order valence-electron chi connectivity index (χ2n) is 6.38. The van der Waals surface area contributed by atoms with Crippen LogP contribution >= 0.6 is 0 Å². The van der Waals surface area contributed by atoms with Gasteiger partial charge in [-0.2, -0.15) is 0 Å². The lowest BCUT2D eigenvalue weighted by molar-refractivity contribution is -0.123. The summed E-state index contributed by atoms with van der Waals surface area (Å²) in [6, 6.07) is 4.57. The molecular formula is C17H26N4O. The summed E-state index contributed by atoms with van der Waals surface area (Å²) >= 11 is 0. The highest BCUT2D eigenvalue weighted by Gasteiger charge is 2.26. The molecular weight excluding hydrogens is 276 g/mol. The molecule has 5 nitrogen and oxygen atoms in total. The number of aromatic nitrogens is 1. The molecule has 120 valence electrons. The molecule has 3 rings (SSSR count). The second-order valence-corrected chi connectivity index (χ2v) is 6.38. The Labute approximate surface area is 132 Å². The van der Waals surface area contributed by atoms with E-state index in [0.717, 1.165) is 58.3 Å². The molecule has 0 radical (unpaired) electrons. The molecule has 2 aliphatic rings. The zero-order valence-electron chi connectivity index (χ0n) is 13.1. The third-order valence-electron chi connectivity index (χ3n) is 4.78. The lowest BCUT2D eigenvalue weighted by Gasteiger charge is -2.32. The van der Waals surface area contributed by atoms with Gasteiger partial charge in [0.25, 0.3) is 0 Å². The molecule has 1 aromatic rings. The first kappa shape index (κ1) is 15.4. The number of hydrogen-bond acceptors (Lipinski definition) is 4. The van der Waals surface area contributed by atoms with Crippen LogP contribution in [0, 0.1) is 0 Å². The lowest BCUT2D eigenvalue weighted by Crippen LogP contribution is -2.49. The van der Waals surface area contributed by atoms with Crippen LogP contribution in [0.1, 0.15) is 31.2 Å². The minimum Gasteiger partial charge on any atom is -0.352 e. The van der Waals surface area contributed by atoms with Crippen LogP contribution in [-0.4, -0.2) is 54.1 Å². The number of piperidine rings is 1. The summed E-state index contributed by atoms with van der Waals surface area (Å²) in [6.45, 7) is 4.22. The molecule has 0 spiro atoms. The fourth-order valence-corrected chi connectivity index (χ4v) is 3.35. The van der Waals surface area contributed by atoms with Crippen molar-refractivity contribution in [3.8, 4) is 0 Å². The molecule has 2 aliphatic heterocycles. The topological polar surface area (TPSA) is 57.3 Å². The number of pyridine rings is 1. The van der Waals surface area contributed by atoms with Crippen LogP contribution in [0.4, 0.5) is 0 Å². The molecule has 1 amide bonds. The van der Waals surface area contributed by atoms with Crippen LogP contribution in [0.2, 0.25) is 0 Å². The molecule has 0 saturated carbocycles. The Kier molecular flexibility index (Phi) is 5.40. The summed E-state index contributed by atoms with van der Waals surface area (Å²) < 4.78 is 0. The molecule has 2 fully saturated rings. The second kappa shape index (κ2) is 7.70. The predicted molar refractivity (Wildman–Crippen MR) is 86.6 cm³/mol. The number of rotatable bonds is 5. The van der Waals surface area contributed by atoms with Gasteiger partial charge in [0, 0.05) is 38.1 Å². The fraction of sp³-hybridized carbons (Fsp3) is 0.647. The SMILES string of the molecule is O=C(NC1CCN(CCc2ccncc2)CC1)[C@H]1CCCN1. The predicted octanol–water partition coefficient (Wildman–Crippen LogP) is 0.957. The maximum atomic E-state index is 12.1. The number of nitrogens with one attached hydrogen (secondary N) is 2. The van der Waals surface area contributed by atoms with Crippen LogP contribution in [0.5, 0.6) is 0 Å². The quantitative estimate of drug-likeness (QED) is 0.850. The van der Waals surface area contributed by atoms with Crippen molar-refractivity contribution in [1.29, 1.82) is 0 Å². The Morgan fingerprint density at radius 3 is 2.73 bits per heavy atom. The van der Waals surface area contributed by atoms with Crippen molar-refractivity contribution >= 4 is 5.91 Å². The third-order valence-corrected chi connectivity index (χ3v) is 4.78. The van der Waals surface area contributed by atoms with Gasteiger partial charge in [0.2, 0.25) is 5.91 Å². The minimum atomic E-state index is 0.0460. The first-order chi connectivity index (χ1) is 10.8. The maximum Gasteiger partial charge on any atom is 0.237 e. The fourth-order valence-electron chi connectivity index (χ4n) is 3.35. The van der Waals surface area contributed by atoms with E-state index in [2.05, 4.69) is 32.7 Å². The molecule has 3 heterocycles. The Bertz CT molecular complexity index is 465. The number of carbonyl (C=O) groups is 1. The molecule has 0 unspecified atom stereocenters. The molecule has 2 N–H and O–H groups in total. The van der Waals surface area contributed by atoms with Crippen molar-refractivity contribution in [2.45, 2.75) is 44.2 Å². The highest BCUT2D eigenvalue weighted by Crippen LogP contribution is 2.13. The average Bonchev–Trinajstić information content (AvgIpc) is 3.10. The molecule has 2 saturated heterocycles. The molecule has 5 heteroatoms. The number of amides is 1. The van der Waals surface area contributed by atoms with Gasteiger partial charge in [0.1, 0.15) is 0 Å². The van der Waals surface area contributed by atoms with E-state index in [1.807, 2.05) is 12.4 Å². The van der Waals surface area contributed by atoms with E-state index < -0.39 is 0 Å². The van der Waals surface area contributed by atoms with E-state index >= 15 is 0 Å². The summed E-state index contributed by atoms with van der Waals surface area (Å²) in [6.07, 6.45) is 9.01. The van der Waals surface area contributed by atoms with Crippen molar-refractivity contribution in [3.63, 3.8) is 0 Å². The van der Waals surface area contributed by atoms with Crippen molar-refractivity contribution in [2.24, 2.45) is 0 Å². The van der Waals surface area contributed by atoms with Crippen LogP contribution in [-0.2, 0) is 11.2 Å². The zero-order chi connectivity index (χ0) is 15.2. The standard InChI is InChI=1S/C17H26N4O/c22-17(16-2-1-8-19-16)20-15-6-12-21(13-7-15)11-5-14-3-9-18-10-4-14/h3-4,9-10,15-16,19H,1-2,5-8,11-13H2,(H,20,22)/t16-/m1/s1. The Hall–Kier alpha value is -1.46. The monoisotopic (exact) mass is 302 g/mol. The third kappa shape index (κ3) is 4.27. The number of hydrogen-bond donors (Lipinski definition) is 2. The number of nitrogens with zero attached hydrogens (tertiary/aromatic N) is 2. The Balaban J connectivity index is 1.36. The van der Waals surface area contributed by atoms with Gasteiger partial charge in [-0.3, -0.25) is 9.78 Å². The van der Waals surface area contributed by atoms with Gasteiger partial charge in [0.05, 0.1) is 6.04 Å². The highest BCUT2D eigenvalue weighted by atomic mass is 16.2. The smallest absolute Gasteiger partial charge is 0.237 e. The first-order valence-corrected chi connectivity index (χ1v) is 8.46. The minimum absolute atomic E-state index is 0.0460. The largest absolute Gasteiger partial charge is 0.352 e. The van der Waals surface area contributed by atoms with Crippen molar-refractivity contribution < 1.29 is 4.79 Å². The van der Waals surface area contributed by atoms with Crippen LogP contribution in [0.25, 0.3) is 0 Å². The molecule has 0 aliphatic carbocycles. The van der Waals surface area contributed by atoms with Gasteiger partial charge >= 0.3 is 0 Å². The summed E-state index contributed by atoms with van der Waals surface area (Å²) in [5.41, 5.74) is 1.35. The van der Waals surface area contributed by atoms with Crippen molar-refractivity contribution in [2.75, 3.05) is 26.2 Å². The summed E-state index contributed by atoms with van der Waals surface area (Å²) in [7, 11) is 0. The van der Waals surface area contributed by atoms with Gasteiger partial charge in [-0.25, -0.2) is 0 Å². The van der Waals surface area contributed by atoms with Crippen molar-refractivity contribution in [1.82, 2.24) is 20.5 Å². The molecule has 1 atom stereocenters. The van der Waals surface area contributed by atoms with E-state index in [9.17, 15) is 4.79 Å². The molecule has 22 heavy (non-hydrogen) atoms. The van der Waals surface area contributed by atoms with E-state index in [-0.39, 0.29) is 11.9 Å². The van der Waals surface area contributed by atoms with Crippen LogP contribution in [0.15, 0.2) is 24.5 Å². The summed E-state index contributed by atoms with van der Waals surface area (Å²) in [4.78, 5) is 18.7. The molecule has 1 aromatic heterocycles. The van der Waals surface area contributed by atoms with Gasteiger partial charge in [-0.05, 0) is 56.3 Å². The lowest BCUT2D eigenvalue weighted by atomic mass is 10.0. The molecule has 0 bridgehead atoms. The van der Waals surface area contributed by atoms with Gasteiger partial charge in [0.15, 0.2) is 0 Å². The summed E-state index contributed by atoms with van der Waals surface area (Å²) in [5.74, 6) is 0.202. The van der Waals surface area contributed by atoms with Crippen LogP contribution < -0.4 is 10.6 Å². The van der Waals surface area contributed by atoms with E-state index in [1.54, 1.807) is 0 Å². The maximum absolute atomic E-state index is 12.1.